The summed E-state index contributed by atoms with van der Waals surface area (Å²) in [6, 6.07) is 0. The van der Waals surface area contributed by atoms with E-state index in [-0.39, 0.29) is 18.4 Å². The Balaban J connectivity index is 2.16. The fraction of sp³-hybridized carbons (Fsp3) is 0.778. The lowest BCUT2D eigenvalue weighted by Gasteiger charge is -2.20. The van der Waals surface area contributed by atoms with Crippen LogP contribution in [0.2, 0.25) is 0 Å². The molecule has 0 saturated heterocycles. The van der Waals surface area contributed by atoms with Gasteiger partial charge in [0.1, 0.15) is 0 Å². The molecule has 1 rings (SSSR count). The minimum atomic E-state index is -0.589. The number of hydrogen-bond donors (Lipinski definition) is 2. The minimum absolute atomic E-state index is 0.0385. The first-order chi connectivity index (χ1) is 6.70. The van der Waals surface area contributed by atoms with Gasteiger partial charge in [-0.25, -0.2) is 5.48 Å². The summed E-state index contributed by atoms with van der Waals surface area (Å²) in [7, 11) is 0. The zero-order chi connectivity index (χ0) is 10.4. The maximum absolute atomic E-state index is 11.4. The molecule has 0 aliphatic heterocycles. The first-order valence-electron chi connectivity index (χ1n) is 4.90. The van der Waals surface area contributed by atoms with Gasteiger partial charge in [0.25, 0.3) is 0 Å². The summed E-state index contributed by atoms with van der Waals surface area (Å²) in [5, 5.41) is 0. The van der Waals surface area contributed by atoms with Crippen LogP contribution < -0.4 is 11.2 Å². The standard InChI is InChI=1S/C9H16N2O3/c10-8(12)6-14-11-9(13)7-4-2-1-3-5-7/h7H,1-6H2,(H2,10,12)(H,11,13). The number of hydroxylamine groups is 1. The van der Waals surface area contributed by atoms with Crippen molar-refractivity contribution in [2.75, 3.05) is 6.61 Å². The first-order valence-corrected chi connectivity index (χ1v) is 4.90. The average Bonchev–Trinajstić information content (AvgIpc) is 2.18. The molecule has 0 aromatic carbocycles. The van der Waals surface area contributed by atoms with Gasteiger partial charge in [0.05, 0.1) is 0 Å². The van der Waals surface area contributed by atoms with Crippen LogP contribution in [-0.4, -0.2) is 18.4 Å². The second-order valence-corrected chi connectivity index (χ2v) is 3.56. The van der Waals surface area contributed by atoms with Gasteiger partial charge in [-0.15, -0.1) is 0 Å². The zero-order valence-electron chi connectivity index (χ0n) is 8.12. The van der Waals surface area contributed by atoms with Crippen LogP contribution in [0.1, 0.15) is 32.1 Å². The Hall–Kier alpha value is -1.10. The molecule has 80 valence electrons. The van der Waals surface area contributed by atoms with Crippen molar-refractivity contribution < 1.29 is 14.4 Å². The quantitative estimate of drug-likeness (QED) is 0.631. The molecular formula is C9H16N2O3. The Kier molecular flexibility index (Phi) is 4.39. The molecule has 0 atom stereocenters. The number of nitrogens with one attached hydrogen (secondary N) is 1. The van der Waals surface area contributed by atoms with E-state index >= 15 is 0 Å². The summed E-state index contributed by atoms with van der Waals surface area (Å²) in [6.45, 7) is -0.265. The molecule has 1 aliphatic rings. The Morgan fingerprint density at radius 3 is 2.50 bits per heavy atom. The third kappa shape index (κ3) is 3.74. The lowest BCUT2D eigenvalue weighted by Crippen LogP contribution is -2.34. The molecule has 0 heterocycles. The molecule has 3 N–H and O–H groups in total. The van der Waals surface area contributed by atoms with Crippen molar-refractivity contribution >= 4 is 11.8 Å². The van der Waals surface area contributed by atoms with Crippen LogP contribution in [0.4, 0.5) is 0 Å². The Labute approximate surface area is 82.9 Å². The summed E-state index contributed by atoms with van der Waals surface area (Å²) in [6.07, 6.45) is 5.20. The van der Waals surface area contributed by atoms with E-state index in [1.54, 1.807) is 0 Å². The molecule has 5 heteroatoms. The van der Waals surface area contributed by atoms with Gasteiger partial charge in [-0.3, -0.25) is 14.4 Å². The van der Waals surface area contributed by atoms with Crippen molar-refractivity contribution in [2.45, 2.75) is 32.1 Å². The van der Waals surface area contributed by atoms with Crippen LogP contribution in [0.3, 0.4) is 0 Å². The predicted molar refractivity (Wildman–Crippen MR) is 49.9 cm³/mol. The number of carbonyl (C=O) groups is 2. The van der Waals surface area contributed by atoms with Crippen molar-refractivity contribution in [3.8, 4) is 0 Å². The number of amides is 2. The van der Waals surface area contributed by atoms with Crippen LogP contribution in [0, 0.1) is 5.92 Å². The molecule has 0 unspecified atom stereocenters. The minimum Gasteiger partial charge on any atom is -0.368 e. The highest BCUT2D eigenvalue weighted by Gasteiger charge is 2.20. The summed E-state index contributed by atoms with van der Waals surface area (Å²) in [5.74, 6) is -0.684. The van der Waals surface area contributed by atoms with Gasteiger partial charge in [0, 0.05) is 5.92 Å². The second-order valence-electron chi connectivity index (χ2n) is 3.56. The van der Waals surface area contributed by atoms with E-state index in [0.29, 0.717) is 0 Å². The summed E-state index contributed by atoms with van der Waals surface area (Å²) < 4.78 is 0. The van der Waals surface area contributed by atoms with Crippen LogP contribution >= 0.6 is 0 Å². The van der Waals surface area contributed by atoms with Gasteiger partial charge in [-0.2, -0.15) is 0 Å². The second kappa shape index (κ2) is 5.59. The Morgan fingerprint density at radius 2 is 1.93 bits per heavy atom. The molecule has 0 spiro atoms. The zero-order valence-corrected chi connectivity index (χ0v) is 8.12. The number of rotatable bonds is 4. The third-order valence-corrected chi connectivity index (χ3v) is 2.36. The van der Waals surface area contributed by atoms with Gasteiger partial charge >= 0.3 is 0 Å². The lowest BCUT2D eigenvalue weighted by atomic mass is 9.89. The van der Waals surface area contributed by atoms with E-state index in [4.69, 9.17) is 5.73 Å². The van der Waals surface area contributed by atoms with Crippen molar-refractivity contribution in [2.24, 2.45) is 11.7 Å². The molecule has 1 saturated carbocycles. The van der Waals surface area contributed by atoms with Gasteiger partial charge < -0.3 is 5.73 Å². The van der Waals surface area contributed by atoms with Crippen LogP contribution in [-0.2, 0) is 14.4 Å². The summed E-state index contributed by atoms with van der Waals surface area (Å²) in [4.78, 5) is 26.3. The van der Waals surface area contributed by atoms with E-state index < -0.39 is 5.91 Å². The van der Waals surface area contributed by atoms with E-state index in [0.717, 1.165) is 25.7 Å². The molecule has 1 fully saturated rings. The molecule has 5 nitrogen and oxygen atoms in total. The van der Waals surface area contributed by atoms with Crippen molar-refractivity contribution in [3.63, 3.8) is 0 Å². The number of hydrogen-bond acceptors (Lipinski definition) is 3. The smallest absolute Gasteiger partial charge is 0.246 e. The molecule has 0 radical (unpaired) electrons. The average molecular weight is 200 g/mol. The van der Waals surface area contributed by atoms with E-state index in [2.05, 4.69) is 10.3 Å². The molecular weight excluding hydrogens is 184 g/mol. The fourth-order valence-corrected chi connectivity index (χ4v) is 1.63. The predicted octanol–water partition coefficient (Wildman–Crippen LogP) is 0.0998. The fourth-order valence-electron chi connectivity index (χ4n) is 1.63. The molecule has 1 aliphatic carbocycles. The van der Waals surface area contributed by atoms with Gasteiger partial charge in [0.2, 0.25) is 11.8 Å². The SMILES string of the molecule is NC(=O)CONC(=O)C1CCCCC1. The van der Waals surface area contributed by atoms with E-state index in [1.807, 2.05) is 0 Å². The maximum Gasteiger partial charge on any atom is 0.246 e. The van der Waals surface area contributed by atoms with Gasteiger partial charge in [-0.1, -0.05) is 19.3 Å². The molecule has 14 heavy (non-hydrogen) atoms. The van der Waals surface area contributed by atoms with Crippen LogP contribution in [0.15, 0.2) is 0 Å². The van der Waals surface area contributed by atoms with E-state index in [9.17, 15) is 9.59 Å². The van der Waals surface area contributed by atoms with Gasteiger partial charge in [-0.05, 0) is 12.8 Å². The highest BCUT2D eigenvalue weighted by Crippen LogP contribution is 2.23. The number of carbonyl (C=O) groups excluding carboxylic acids is 2. The Morgan fingerprint density at radius 1 is 1.29 bits per heavy atom. The molecule has 0 aromatic rings. The maximum atomic E-state index is 11.4. The lowest BCUT2D eigenvalue weighted by molar-refractivity contribution is -0.142. The highest BCUT2D eigenvalue weighted by molar-refractivity contribution is 5.78. The van der Waals surface area contributed by atoms with Crippen molar-refractivity contribution in [3.05, 3.63) is 0 Å². The normalized spacial score (nSPS) is 17.7. The molecule has 2 amide bonds. The largest absolute Gasteiger partial charge is 0.368 e. The summed E-state index contributed by atoms with van der Waals surface area (Å²) >= 11 is 0. The van der Waals surface area contributed by atoms with Crippen LogP contribution in [0.25, 0.3) is 0 Å². The monoisotopic (exact) mass is 200 g/mol. The summed E-state index contributed by atoms with van der Waals surface area (Å²) in [5.41, 5.74) is 7.09. The number of nitrogens with two attached hydrogens (primary N) is 1. The third-order valence-electron chi connectivity index (χ3n) is 2.36. The Bertz CT molecular complexity index is 212. The molecule has 0 aromatic heterocycles. The van der Waals surface area contributed by atoms with Gasteiger partial charge in [0.15, 0.2) is 6.61 Å². The van der Waals surface area contributed by atoms with E-state index in [1.165, 1.54) is 6.42 Å². The van der Waals surface area contributed by atoms with Crippen molar-refractivity contribution in [1.29, 1.82) is 0 Å². The van der Waals surface area contributed by atoms with Crippen molar-refractivity contribution in [1.82, 2.24) is 5.48 Å². The molecule has 0 bridgehead atoms. The first kappa shape index (κ1) is 11.0. The topological polar surface area (TPSA) is 81.4 Å². The highest BCUT2D eigenvalue weighted by atomic mass is 16.7. The van der Waals surface area contributed by atoms with Crippen LogP contribution in [0.5, 0.6) is 0 Å². The number of primary amides is 1.